The van der Waals surface area contributed by atoms with E-state index in [2.05, 4.69) is 15.1 Å². The number of rotatable bonds is 5. The molecule has 4 aromatic rings. The molecule has 0 unspecified atom stereocenters. The van der Waals surface area contributed by atoms with Crippen LogP contribution in [0.3, 0.4) is 0 Å². The Bertz CT molecular complexity index is 1530. The van der Waals surface area contributed by atoms with Crippen molar-refractivity contribution in [2.24, 2.45) is 0 Å². The summed E-state index contributed by atoms with van der Waals surface area (Å²) < 4.78 is 29.1. The second kappa shape index (κ2) is 8.37. The van der Waals surface area contributed by atoms with Crippen LogP contribution in [0, 0.1) is 6.92 Å². The van der Waals surface area contributed by atoms with Crippen molar-refractivity contribution in [3.8, 4) is 5.69 Å². The molecule has 2 aromatic carbocycles. The molecule has 6 rings (SSSR count). The van der Waals surface area contributed by atoms with Gasteiger partial charge in [-0.25, -0.2) is 18.4 Å². The fourth-order valence-corrected chi connectivity index (χ4v) is 5.24. The molecule has 0 spiro atoms. The number of allylic oxidation sites excluding steroid dienone is 1. The smallest absolute Gasteiger partial charge is 0.260 e. The van der Waals surface area contributed by atoms with Crippen molar-refractivity contribution in [3.63, 3.8) is 0 Å². The standard InChI is InChI=1S/C27H26F2N6O/c1-16-32-23-6-5-21(12-24(23)33-16)35-26(30)22(13-31-35)25(36)20-10-18-4-3-17(9-19(18)11-20)14-34-8-2-7-27(28,29)15-34/h3-6,9,11-13H,2,7-8,10,14-15,30H2,1H3,(H,32,33). The number of halogens is 2. The highest BCUT2D eigenvalue weighted by atomic mass is 19.3. The van der Waals surface area contributed by atoms with Gasteiger partial charge in [-0.3, -0.25) is 9.69 Å². The number of piperidine rings is 1. The van der Waals surface area contributed by atoms with E-state index < -0.39 is 5.92 Å². The average molecular weight is 489 g/mol. The minimum Gasteiger partial charge on any atom is -0.383 e. The van der Waals surface area contributed by atoms with Gasteiger partial charge in [0.1, 0.15) is 11.6 Å². The van der Waals surface area contributed by atoms with Crippen LogP contribution in [0.4, 0.5) is 14.6 Å². The van der Waals surface area contributed by atoms with Crippen molar-refractivity contribution in [2.75, 3.05) is 18.8 Å². The van der Waals surface area contributed by atoms with E-state index in [1.165, 1.54) is 6.20 Å². The minimum atomic E-state index is -2.62. The maximum Gasteiger partial charge on any atom is 0.260 e. The molecule has 3 N–H and O–H groups in total. The van der Waals surface area contributed by atoms with Crippen molar-refractivity contribution in [2.45, 2.75) is 38.7 Å². The number of likely N-dealkylation sites (tertiary alicyclic amines) is 1. The molecule has 1 saturated heterocycles. The van der Waals surface area contributed by atoms with Crippen molar-refractivity contribution in [3.05, 3.63) is 76.2 Å². The molecule has 2 aromatic heterocycles. The number of aryl methyl sites for hydroxylation is 1. The average Bonchev–Trinajstić information content (AvgIpc) is 3.52. The van der Waals surface area contributed by atoms with Gasteiger partial charge in [-0.2, -0.15) is 5.10 Å². The Hall–Kier alpha value is -3.85. The van der Waals surface area contributed by atoms with E-state index in [-0.39, 0.29) is 24.6 Å². The predicted octanol–water partition coefficient (Wildman–Crippen LogP) is 4.69. The Kier molecular flexibility index (Phi) is 5.26. The third-order valence-corrected chi connectivity index (χ3v) is 6.97. The summed E-state index contributed by atoms with van der Waals surface area (Å²) in [6.45, 7) is 2.82. The zero-order valence-electron chi connectivity index (χ0n) is 19.9. The fourth-order valence-electron chi connectivity index (χ4n) is 5.24. The summed E-state index contributed by atoms with van der Waals surface area (Å²) in [5.41, 5.74) is 12.8. The molecule has 2 aliphatic rings. The molecular weight excluding hydrogens is 462 g/mol. The van der Waals surface area contributed by atoms with Crippen LogP contribution in [-0.2, 0) is 13.0 Å². The lowest BCUT2D eigenvalue weighted by Crippen LogP contribution is -2.42. The van der Waals surface area contributed by atoms with Gasteiger partial charge in [-0.1, -0.05) is 18.2 Å². The monoisotopic (exact) mass is 488 g/mol. The topological polar surface area (TPSA) is 92.8 Å². The van der Waals surface area contributed by atoms with Crippen LogP contribution in [0.25, 0.3) is 22.8 Å². The summed E-state index contributed by atoms with van der Waals surface area (Å²) in [5.74, 6) is -1.69. The van der Waals surface area contributed by atoms with Gasteiger partial charge >= 0.3 is 0 Å². The number of nitrogens with two attached hydrogens (primary N) is 1. The van der Waals surface area contributed by atoms with Gasteiger partial charge in [0.2, 0.25) is 0 Å². The van der Waals surface area contributed by atoms with Crippen LogP contribution in [0.2, 0.25) is 0 Å². The number of nitrogens with one attached hydrogen (secondary N) is 1. The zero-order chi connectivity index (χ0) is 25.0. The number of aromatic amines is 1. The second-order valence-corrected chi connectivity index (χ2v) is 9.76. The zero-order valence-corrected chi connectivity index (χ0v) is 19.9. The van der Waals surface area contributed by atoms with Crippen molar-refractivity contribution in [1.29, 1.82) is 0 Å². The number of Topliss-reactive ketones (excluding diaryl/α,β-unsaturated/α-hetero) is 1. The lowest BCUT2D eigenvalue weighted by molar-refractivity contribution is -0.0661. The number of alkyl halides is 2. The first kappa shape index (κ1) is 22.6. The van der Waals surface area contributed by atoms with Crippen LogP contribution in [0.5, 0.6) is 0 Å². The van der Waals surface area contributed by atoms with Gasteiger partial charge in [0.15, 0.2) is 5.78 Å². The van der Waals surface area contributed by atoms with Gasteiger partial charge in [0, 0.05) is 25.0 Å². The number of hydrogen-bond acceptors (Lipinski definition) is 5. The lowest BCUT2D eigenvalue weighted by Gasteiger charge is -2.32. The molecule has 36 heavy (non-hydrogen) atoms. The first-order valence-electron chi connectivity index (χ1n) is 12.0. The van der Waals surface area contributed by atoms with Gasteiger partial charge in [0.05, 0.1) is 35.0 Å². The fraction of sp³-hybridized carbons (Fsp3) is 0.296. The number of H-pyrrole nitrogens is 1. The quantitative estimate of drug-likeness (QED) is 0.398. The van der Waals surface area contributed by atoms with E-state index in [1.54, 1.807) is 9.58 Å². The van der Waals surface area contributed by atoms with E-state index in [0.717, 1.165) is 39.2 Å². The SMILES string of the molecule is Cc1nc2ccc(-n3ncc(C(=O)C4=Cc5cc(CN6CCCC(F)(F)C6)ccc5C4)c3N)cc2[nH]1. The van der Waals surface area contributed by atoms with E-state index in [1.807, 2.05) is 49.4 Å². The van der Waals surface area contributed by atoms with E-state index in [0.29, 0.717) is 37.1 Å². The maximum absolute atomic E-state index is 13.8. The Morgan fingerprint density at radius 1 is 1.22 bits per heavy atom. The van der Waals surface area contributed by atoms with Gasteiger partial charge in [-0.05, 0) is 60.9 Å². The number of benzene rings is 2. The number of carbonyl (C=O) groups excluding carboxylic acids is 1. The number of imidazole rings is 1. The van der Waals surface area contributed by atoms with Crippen LogP contribution in [-0.4, -0.2) is 49.4 Å². The molecule has 0 atom stereocenters. The van der Waals surface area contributed by atoms with Crippen LogP contribution < -0.4 is 5.73 Å². The number of ketones is 1. The Morgan fingerprint density at radius 2 is 2.08 bits per heavy atom. The normalized spacial score (nSPS) is 17.4. The maximum atomic E-state index is 13.8. The van der Waals surface area contributed by atoms with Crippen molar-refractivity contribution in [1.82, 2.24) is 24.6 Å². The molecule has 9 heteroatoms. The highest BCUT2D eigenvalue weighted by molar-refractivity contribution is 6.15. The molecule has 0 saturated carbocycles. The number of nitrogen functional groups attached to an aromatic ring is 1. The van der Waals surface area contributed by atoms with Crippen molar-refractivity contribution >= 4 is 28.7 Å². The molecule has 0 amide bonds. The molecule has 184 valence electrons. The third-order valence-electron chi connectivity index (χ3n) is 6.97. The Balaban J connectivity index is 1.22. The minimum absolute atomic E-state index is 0.0426. The van der Waals surface area contributed by atoms with Gasteiger partial charge in [-0.15, -0.1) is 0 Å². The Labute approximate surface area is 206 Å². The van der Waals surface area contributed by atoms with Crippen molar-refractivity contribution < 1.29 is 13.6 Å². The van der Waals surface area contributed by atoms with E-state index >= 15 is 0 Å². The van der Waals surface area contributed by atoms with Gasteiger partial charge in [0.25, 0.3) is 5.92 Å². The second-order valence-electron chi connectivity index (χ2n) is 9.76. The molecular formula is C27H26F2N6O. The molecule has 0 radical (unpaired) electrons. The summed E-state index contributed by atoms with van der Waals surface area (Å²) >= 11 is 0. The largest absolute Gasteiger partial charge is 0.383 e. The number of hydrogen-bond donors (Lipinski definition) is 2. The summed E-state index contributed by atoms with van der Waals surface area (Å²) in [7, 11) is 0. The number of anilines is 1. The molecule has 3 heterocycles. The molecule has 1 aliphatic heterocycles. The van der Waals surface area contributed by atoms with Crippen LogP contribution >= 0.6 is 0 Å². The predicted molar refractivity (Wildman–Crippen MR) is 134 cm³/mol. The first-order valence-corrected chi connectivity index (χ1v) is 12.0. The number of aromatic nitrogens is 4. The van der Waals surface area contributed by atoms with Gasteiger partial charge < -0.3 is 10.7 Å². The summed E-state index contributed by atoms with van der Waals surface area (Å²) in [6, 6.07) is 11.6. The summed E-state index contributed by atoms with van der Waals surface area (Å²) in [5, 5.41) is 4.37. The number of fused-ring (bicyclic) bond motifs is 2. The molecule has 1 fully saturated rings. The number of carbonyl (C=O) groups is 1. The highest BCUT2D eigenvalue weighted by Crippen LogP contribution is 2.32. The highest BCUT2D eigenvalue weighted by Gasteiger charge is 2.35. The molecule has 0 bridgehead atoms. The summed E-state index contributed by atoms with van der Waals surface area (Å²) in [4.78, 5) is 22.8. The van der Waals surface area contributed by atoms with Crippen LogP contribution in [0.15, 0.2) is 48.2 Å². The third kappa shape index (κ3) is 4.09. The van der Waals surface area contributed by atoms with E-state index in [4.69, 9.17) is 5.73 Å². The lowest BCUT2D eigenvalue weighted by atomic mass is 10.0. The first-order chi connectivity index (χ1) is 17.3. The van der Waals surface area contributed by atoms with Crippen LogP contribution in [0.1, 0.15) is 45.7 Å². The molecule has 7 nitrogen and oxygen atoms in total. The molecule has 1 aliphatic carbocycles. The Morgan fingerprint density at radius 3 is 2.92 bits per heavy atom. The van der Waals surface area contributed by atoms with E-state index in [9.17, 15) is 13.6 Å². The summed E-state index contributed by atoms with van der Waals surface area (Å²) in [6.07, 6.45) is 4.34. The number of nitrogens with zero attached hydrogens (tertiary/aromatic N) is 4.